The molecule has 1 aliphatic rings. The zero-order valence-corrected chi connectivity index (χ0v) is 9.96. The van der Waals surface area contributed by atoms with E-state index in [9.17, 15) is 0 Å². The number of benzene rings is 1. The van der Waals surface area contributed by atoms with Crippen molar-refractivity contribution in [3.05, 3.63) is 28.8 Å². The van der Waals surface area contributed by atoms with Gasteiger partial charge in [0, 0.05) is 13.1 Å². The van der Waals surface area contributed by atoms with Gasteiger partial charge in [0.15, 0.2) is 0 Å². The number of hydrogen-bond acceptors (Lipinski definition) is 3. The maximum absolute atomic E-state index is 8.12. The van der Waals surface area contributed by atoms with Crippen molar-refractivity contribution in [2.24, 2.45) is 0 Å². The Kier molecular flexibility index (Phi) is 5.03. The molecule has 1 heterocycles. The van der Waals surface area contributed by atoms with Crippen molar-refractivity contribution in [2.45, 2.75) is 19.8 Å². The quantitative estimate of drug-likeness (QED) is 0.756. The highest BCUT2D eigenvalue weighted by Crippen LogP contribution is 2.29. The molecule has 86 valence electrons. The molecule has 0 unspecified atom stereocenters. The van der Waals surface area contributed by atoms with Crippen molar-refractivity contribution in [1.82, 2.24) is 0 Å². The maximum Gasteiger partial charge on any atom is 0.373 e. The Bertz CT molecular complexity index is 381. The largest absolute Gasteiger partial charge is 0.373 e. The van der Waals surface area contributed by atoms with Gasteiger partial charge in [-0.3, -0.25) is 0 Å². The molecule has 16 heavy (non-hydrogen) atoms. The van der Waals surface area contributed by atoms with Gasteiger partial charge < -0.3 is 4.90 Å². The number of hydrogen-bond donors (Lipinski definition) is 0. The average Bonchev–Trinajstić information content (AvgIpc) is 2.72. The summed E-state index contributed by atoms with van der Waals surface area (Å²) >= 11 is 6.17. The van der Waals surface area contributed by atoms with Gasteiger partial charge in [-0.25, -0.2) is 0 Å². The molecular formula is C12H14ClNO2. The summed E-state index contributed by atoms with van der Waals surface area (Å²) in [4.78, 5) is 18.6. The smallest absolute Gasteiger partial charge is 0.370 e. The standard InChI is InChI=1S/C11H14ClN.CO2/c1-9-4-5-11(10(12)8-9)13-6-2-3-7-13;2-1-3/h4-5,8H,2-3,6-7H2,1H3;. The fraction of sp³-hybridized carbons (Fsp3) is 0.417. The van der Waals surface area contributed by atoms with Gasteiger partial charge in [-0.2, -0.15) is 9.59 Å². The molecule has 0 aromatic heterocycles. The van der Waals surface area contributed by atoms with Crippen LogP contribution in [-0.4, -0.2) is 19.2 Å². The highest BCUT2D eigenvalue weighted by Gasteiger charge is 2.14. The van der Waals surface area contributed by atoms with Gasteiger partial charge in [-0.15, -0.1) is 0 Å². The van der Waals surface area contributed by atoms with Crippen molar-refractivity contribution in [1.29, 1.82) is 0 Å². The Labute approximate surface area is 100 Å². The molecule has 0 saturated carbocycles. The van der Waals surface area contributed by atoms with Gasteiger partial charge in [0.2, 0.25) is 0 Å². The Morgan fingerprint density at radius 3 is 2.31 bits per heavy atom. The van der Waals surface area contributed by atoms with Crippen LogP contribution in [-0.2, 0) is 9.59 Å². The lowest BCUT2D eigenvalue weighted by Gasteiger charge is -2.19. The molecule has 3 nitrogen and oxygen atoms in total. The Balaban J connectivity index is 0.000000386. The van der Waals surface area contributed by atoms with E-state index in [1.54, 1.807) is 0 Å². The van der Waals surface area contributed by atoms with E-state index in [4.69, 9.17) is 21.2 Å². The monoisotopic (exact) mass is 239 g/mol. The van der Waals surface area contributed by atoms with Crippen LogP contribution in [0.15, 0.2) is 18.2 Å². The van der Waals surface area contributed by atoms with E-state index in [1.165, 1.54) is 24.1 Å². The molecule has 2 rings (SSSR count). The summed E-state index contributed by atoms with van der Waals surface area (Å²) in [6, 6.07) is 6.29. The fourth-order valence-electron chi connectivity index (χ4n) is 1.83. The lowest BCUT2D eigenvalue weighted by Crippen LogP contribution is -2.17. The first-order valence-electron chi connectivity index (χ1n) is 5.19. The minimum atomic E-state index is 0.250. The molecule has 0 atom stereocenters. The number of anilines is 1. The lowest BCUT2D eigenvalue weighted by molar-refractivity contribution is -0.191. The number of nitrogens with zero attached hydrogens (tertiary/aromatic N) is 1. The molecule has 1 saturated heterocycles. The van der Waals surface area contributed by atoms with Crippen LogP contribution in [0.4, 0.5) is 5.69 Å². The molecule has 0 spiro atoms. The van der Waals surface area contributed by atoms with Gasteiger partial charge in [0.05, 0.1) is 10.7 Å². The molecule has 1 fully saturated rings. The van der Waals surface area contributed by atoms with Crippen LogP contribution >= 0.6 is 11.6 Å². The van der Waals surface area contributed by atoms with Crippen LogP contribution in [0.3, 0.4) is 0 Å². The molecular weight excluding hydrogens is 226 g/mol. The van der Waals surface area contributed by atoms with Crippen LogP contribution in [0.1, 0.15) is 18.4 Å². The van der Waals surface area contributed by atoms with E-state index in [2.05, 4.69) is 24.0 Å². The first-order chi connectivity index (χ1) is 7.69. The molecule has 0 aliphatic carbocycles. The second-order valence-corrected chi connectivity index (χ2v) is 4.14. The normalized spacial score (nSPS) is 14.0. The lowest BCUT2D eigenvalue weighted by atomic mass is 10.2. The van der Waals surface area contributed by atoms with Crippen LogP contribution in [0.25, 0.3) is 0 Å². The minimum absolute atomic E-state index is 0.250. The number of aryl methyl sites for hydroxylation is 1. The molecule has 4 heteroatoms. The van der Waals surface area contributed by atoms with Crippen LogP contribution < -0.4 is 4.90 Å². The average molecular weight is 240 g/mol. The highest BCUT2D eigenvalue weighted by molar-refractivity contribution is 6.33. The van der Waals surface area contributed by atoms with Crippen molar-refractivity contribution in [3.8, 4) is 0 Å². The third-order valence-corrected chi connectivity index (χ3v) is 2.85. The van der Waals surface area contributed by atoms with Crippen molar-refractivity contribution >= 4 is 23.4 Å². The molecule has 0 radical (unpaired) electrons. The predicted molar refractivity (Wildman–Crippen MR) is 62.6 cm³/mol. The molecule has 1 aliphatic heterocycles. The summed E-state index contributed by atoms with van der Waals surface area (Å²) in [7, 11) is 0. The minimum Gasteiger partial charge on any atom is -0.370 e. The van der Waals surface area contributed by atoms with E-state index < -0.39 is 0 Å². The summed E-state index contributed by atoms with van der Waals surface area (Å²) in [6.45, 7) is 4.38. The van der Waals surface area contributed by atoms with E-state index in [1.807, 2.05) is 6.07 Å². The third kappa shape index (κ3) is 3.37. The van der Waals surface area contributed by atoms with Gasteiger partial charge >= 0.3 is 6.15 Å². The van der Waals surface area contributed by atoms with Gasteiger partial charge in [0.1, 0.15) is 0 Å². The molecule has 0 bridgehead atoms. The molecule has 1 aromatic rings. The van der Waals surface area contributed by atoms with Crippen molar-refractivity contribution in [2.75, 3.05) is 18.0 Å². The second kappa shape index (κ2) is 6.31. The molecule has 0 N–H and O–H groups in total. The highest BCUT2D eigenvalue weighted by atomic mass is 35.5. The van der Waals surface area contributed by atoms with Crippen LogP contribution in [0.2, 0.25) is 5.02 Å². The third-order valence-electron chi connectivity index (χ3n) is 2.55. The van der Waals surface area contributed by atoms with E-state index in [0.717, 1.165) is 18.1 Å². The van der Waals surface area contributed by atoms with Crippen LogP contribution in [0, 0.1) is 6.92 Å². The Morgan fingerprint density at radius 1 is 1.25 bits per heavy atom. The Morgan fingerprint density at radius 2 is 1.81 bits per heavy atom. The second-order valence-electron chi connectivity index (χ2n) is 3.73. The summed E-state index contributed by atoms with van der Waals surface area (Å²) in [5.74, 6) is 0. The molecule has 0 amide bonds. The zero-order chi connectivity index (χ0) is 12.0. The fourth-order valence-corrected chi connectivity index (χ4v) is 2.18. The van der Waals surface area contributed by atoms with Crippen LogP contribution in [0.5, 0.6) is 0 Å². The van der Waals surface area contributed by atoms with Crippen molar-refractivity contribution < 1.29 is 9.59 Å². The topological polar surface area (TPSA) is 37.4 Å². The Hall–Kier alpha value is -1.31. The van der Waals surface area contributed by atoms with E-state index in [-0.39, 0.29) is 6.15 Å². The SMILES string of the molecule is Cc1ccc(N2CCCC2)c(Cl)c1.O=C=O. The molecule has 1 aromatic carbocycles. The van der Waals surface area contributed by atoms with E-state index in [0.29, 0.717) is 0 Å². The number of carbonyl (C=O) groups excluding carboxylic acids is 2. The first-order valence-corrected chi connectivity index (χ1v) is 5.57. The van der Waals surface area contributed by atoms with E-state index >= 15 is 0 Å². The summed E-state index contributed by atoms with van der Waals surface area (Å²) in [5.41, 5.74) is 2.43. The summed E-state index contributed by atoms with van der Waals surface area (Å²) < 4.78 is 0. The summed E-state index contributed by atoms with van der Waals surface area (Å²) in [6.07, 6.45) is 2.84. The van der Waals surface area contributed by atoms with Gasteiger partial charge in [-0.1, -0.05) is 17.7 Å². The summed E-state index contributed by atoms with van der Waals surface area (Å²) in [5, 5.41) is 0.891. The van der Waals surface area contributed by atoms with Gasteiger partial charge in [-0.05, 0) is 37.5 Å². The maximum atomic E-state index is 8.12. The van der Waals surface area contributed by atoms with Gasteiger partial charge in [0.25, 0.3) is 0 Å². The number of rotatable bonds is 1. The van der Waals surface area contributed by atoms with Crippen molar-refractivity contribution in [3.63, 3.8) is 0 Å². The first kappa shape index (κ1) is 12.8. The zero-order valence-electron chi connectivity index (χ0n) is 9.20. The number of halogens is 1. The predicted octanol–water partition coefficient (Wildman–Crippen LogP) is 2.67.